The molecular weight excluding hydrogens is 570 g/mol. The summed E-state index contributed by atoms with van der Waals surface area (Å²) in [6.45, 7) is -0.117. The molecule has 1 saturated carbocycles. The monoisotopic (exact) mass is 611 g/mol. The largest absolute Gasteiger partial charge is 0.394 e. The summed E-state index contributed by atoms with van der Waals surface area (Å²) >= 11 is 0. The molecule has 0 radical (unpaired) electrons. The number of carbonyl (C=O) groups excluding carboxylic acids is 1. The fourth-order valence-corrected chi connectivity index (χ4v) is 5.32. The first-order valence-corrected chi connectivity index (χ1v) is 12.9. The van der Waals surface area contributed by atoms with E-state index in [4.69, 9.17) is 41.9 Å². The van der Waals surface area contributed by atoms with Gasteiger partial charge in [0, 0.05) is 0 Å². The highest BCUT2D eigenvalue weighted by molar-refractivity contribution is 5.76. The van der Waals surface area contributed by atoms with Crippen LogP contribution in [0.25, 0.3) is 0 Å². The van der Waals surface area contributed by atoms with Crippen LogP contribution in [-0.4, -0.2) is 176 Å². The molecule has 15 atom stereocenters. The van der Waals surface area contributed by atoms with Crippen molar-refractivity contribution in [2.75, 3.05) is 20.4 Å². The van der Waals surface area contributed by atoms with Crippen molar-refractivity contribution in [3.8, 4) is 0 Å². The molecule has 242 valence electrons. The number of nitrogens with two attached hydrogens (primary N) is 4. The van der Waals surface area contributed by atoms with Crippen molar-refractivity contribution in [2.24, 2.45) is 32.9 Å². The van der Waals surface area contributed by atoms with Crippen molar-refractivity contribution in [3.63, 3.8) is 0 Å². The van der Waals surface area contributed by atoms with Gasteiger partial charge in [-0.15, -0.1) is 0 Å². The van der Waals surface area contributed by atoms with E-state index in [0.29, 0.717) is 0 Å². The Labute approximate surface area is 239 Å². The molecular formula is C22H41N7O13. The molecule has 3 fully saturated rings. The third-order valence-electron chi connectivity index (χ3n) is 7.70. The van der Waals surface area contributed by atoms with E-state index in [1.807, 2.05) is 0 Å². The highest BCUT2D eigenvalue weighted by Crippen LogP contribution is 2.39. The first kappa shape index (κ1) is 34.2. The second kappa shape index (κ2) is 13.5. The third kappa shape index (κ3) is 6.45. The van der Waals surface area contributed by atoms with Gasteiger partial charge in [-0.3, -0.25) is 9.69 Å². The van der Waals surface area contributed by atoms with Gasteiger partial charge >= 0.3 is 0 Å². The molecule has 0 spiro atoms. The number of guanidine groups is 2. The van der Waals surface area contributed by atoms with Crippen LogP contribution in [-0.2, 0) is 23.7 Å². The molecule has 0 amide bonds. The quantitative estimate of drug-likeness (QED) is 0.0472. The van der Waals surface area contributed by atoms with E-state index in [1.54, 1.807) is 0 Å². The average Bonchev–Trinajstić information content (AvgIpc) is 3.17. The molecule has 16 N–H and O–H groups in total. The summed E-state index contributed by atoms with van der Waals surface area (Å²) in [6.07, 6.45) is -18.1. The van der Waals surface area contributed by atoms with Crippen molar-refractivity contribution in [2.45, 2.75) is 98.2 Å². The Morgan fingerprint density at radius 2 is 1.48 bits per heavy atom. The molecule has 2 saturated heterocycles. The minimum Gasteiger partial charge on any atom is -0.394 e. The standard InChI is InChI=1S/C22H41N7O13/c1-6-22(38,4-31)17(42-18-10(29(2)5-32)14(36)11(33)7(3-30)40-18)19(39-6)41-16-9(28-21(25)26)12(34)8(27-20(23)24)13(35)15(16)37/h4,6-19,30,32-38H,3,5H2,1-2H3,(H4,23,24,27)(H4,25,26,28). The van der Waals surface area contributed by atoms with Gasteiger partial charge in [-0.25, -0.2) is 9.98 Å². The Morgan fingerprint density at radius 1 is 0.881 bits per heavy atom. The van der Waals surface area contributed by atoms with Gasteiger partial charge in [0.1, 0.15) is 60.9 Å². The van der Waals surface area contributed by atoms with Crippen LogP contribution >= 0.6 is 0 Å². The van der Waals surface area contributed by atoms with Crippen LogP contribution in [0, 0.1) is 0 Å². The average molecular weight is 612 g/mol. The van der Waals surface area contributed by atoms with Gasteiger partial charge in [0.05, 0.1) is 25.5 Å². The predicted octanol–water partition coefficient (Wildman–Crippen LogP) is -8.50. The summed E-state index contributed by atoms with van der Waals surface area (Å²) in [5.41, 5.74) is 19.3. The van der Waals surface area contributed by atoms with Crippen LogP contribution in [0.15, 0.2) is 9.98 Å². The lowest BCUT2D eigenvalue weighted by Gasteiger charge is -2.47. The molecule has 2 heterocycles. The minimum atomic E-state index is -2.45. The van der Waals surface area contributed by atoms with E-state index < -0.39 is 116 Å². The topological polar surface area (TPSA) is 348 Å². The number of carbonyl (C=O) groups is 1. The van der Waals surface area contributed by atoms with Gasteiger partial charge in [-0.1, -0.05) is 0 Å². The second-order valence-electron chi connectivity index (χ2n) is 10.5. The predicted molar refractivity (Wildman–Crippen MR) is 139 cm³/mol. The van der Waals surface area contributed by atoms with Gasteiger partial charge in [0.15, 0.2) is 36.4 Å². The first-order valence-electron chi connectivity index (χ1n) is 12.9. The minimum absolute atomic E-state index is 0.108. The lowest BCUT2D eigenvalue weighted by atomic mass is 9.81. The zero-order valence-corrected chi connectivity index (χ0v) is 22.8. The molecule has 42 heavy (non-hydrogen) atoms. The van der Waals surface area contributed by atoms with Crippen LogP contribution in [0.1, 0.15) is 6.92 Å². The molecule has 2 aliphatic heterocycles. The van der Waals surface area contributed by atoms with Crippen LogP contribution in [0.5, 0.6) is 0 Å². The normalized spacial score (nSPS) is 45.9. The first-order chi connectivity index (χ1) is 19.6. The summed E-state index contributed by atoms with van der Waals surface area (Å²) in [5, 5.41) is 84.3. The van der Waals surface area contributed by atoms with E-state index in [1.165, 1.54) is 14.0 Å². The molecule has 20 heteroatoms. The Morgan fingerprint density at radius 3 is 2.00 bits per heavy atom. The Bertz CT molecular complexity index is 988. The molecule has 15 unspecified atom stereocenters. The zero-order chi connectivity index (χ0) is 31.7. The van der Waals surface area contributed by atoms with Gasteiger partial charge in [-0.2, -0.15) is 0 Å². The fraction of sp³-hybridized carbons (Fsp3) is 0.864. The molecule has 0 aromatic carbocycles. The van der Waals surface area contributed by atoms with E-state index in [2.05, 4.69) is 9.98 Å². The van der Waals surface area contributed by atoms with Gasteiger partial charge in [0.2, 0.25) is 0 Å². The molecule has 0 bridgehead atoms. The number of hydrogen-bond donors (Lipinski definition) is 12. The number of aliphatic imine (C=N–C) groups is 2. The number of ether oxygens (including phenoxy) is 4. The van der Waals surface area contributed by atoms with E-state index in [0.717, 1.165) is 4.90 Å². The van der Waals surface area contributed by atoms with E-state index in [-0.39, 0.29) is 6.29 Å². The number of rotatable bonds is 10. The van der Waals surface area contributed by atoms with Crippen molar-refractivity contribution < 1.29 is 64.6 Å². The van der Waals surface area contributed by atoms with E-state index in [9.17, 15) is 45.6 Å². The maximum Gasteiger partial charge on any atom is 0.188 e. The lowest BCUT2D eigenvalue weighted by Crippen LogP contribution is -2.67. The Kier molecular flexibility index (Phi) is 11.0. The maximum atomic E-state index is 12.2. The van der Waals surface area contributed by atoms with Crippen molar-refractivity contribution in [3.05, 3.63) is 0 Å². The molecule has 0 aromatic rings. The Balaban J connectivity index is 2.00. The molecule has 20 nitrogen and oxygen atoms in total. The van der Waals surface area contributed by atoms with Crippen LogP contribution in [0.4, 0.5) is 0 Å². The SMILES string of the molecule is CC1OC(OC2C(O)C(O)C(N=C(N)N)C(O)C2N=C(N)N)C(OC2OC(CO)C(O)C(O)C2N(C)CO)C1(O)C=O. The summed E-state index contributed by atoms with van der Waals surface area (Å²) < 4.78 is 23.0. The number of aliphatic hydroxyl groups excluding tert-OH is 7. The number of aliphatic hydroxyl groups is 8. The molecule has 1 aliphatic carbocycles. The van der Waals surface area contributed by atoms with Crippen LogP contribution in [0.2, 0.25) is 0 Å². The van der Waals surface area contributed by atoms with Crippen LogP contribution < -0.4 is 22.9 Å². The van der Waals surface area contributed by atoms with Gasteiger partial charge in [0.25, 0.3) is 0 Å². The van der Waals surface area contributed by atoms with Gasteiger partial charge < -0.3 is 82.7 Å². The smallest absolute Gasteiger partial charge is 0.188 e. The second-order valence-corrected chi connectivity index (χ2v) is 10.5. The number of aldehydes is 1. The van der Waals surface area contributed by atoms with Crippen molar-refractivity contribution >= 4 is 18.2 Å². The summed E-state index contributed by atoms with van der Waals surface area (Å²) in [4.78, 5) is 20.9. The highest BCUT2D eigenvalue weighted by Gasteiger charge is 2.61. The summed E-state index contributed by atoms with van der Waals surface area (Å²) in [5.74, 6) is -1.07. The van der Waals surface area contributed by atoms with Crippen molar-refractivity contribution in [1.29, 1.82) is 0 Å². The summed E-state index contributed by atoms with van der Waals surface area (Å²) in [6, 6.07) is -4.33. The Hall–Kier alpha value is -2.31. The summed E-state index contributed by atoms with van der Waals surface area (Å²) in [7, 11) is 1.35. The highest BCUT2D eigenvalue weighted by atomic mass is 16.8. The molecule has 3 aliphatic rings. The lowest BCUT2D eigenvalue weighted by molar-refractivity contribution is -0.326. The number of nitrogens with zero attached hydrogens (tertiary/aromatic N) is 3. The maximum absolute atomic E-state index is 12.2. The zero-order valence-electron chi connectivity index (χ0n) is 22.8. The number of likely N-dealkylation sites (N-methyl/N-ethyl adjacent to an activating group) is 1. The van der Waals surface area contributed by atoms with Crippen molar-refractivity contribution in [1.82, 2.24) is 4.90 Å². The fourth-order valence-electron chi connectivity index (χ4n) is 5.32. The van der Waals surface area contributed by atoms with Gasteiger partial charge in [-0.05, 0) is 14.0 Å². The molecule has 3 rings (SSSR count). The van der Waals surface area contributed by atoms with E-state index >= 15 is 0 Å². The number of hydrogen-bond acceptors (Lipinski definition) is 16. The van der Waals surface area contributed by atoms with Crippen LogP contribution in [0.3, 0.4) is 0 Å². The third-order valence-corrected chi connectivity index (χ3v) is 7.70. The molecule has 0 aromatic heterocycles.